The molecule has 2 aromatic rings. The molecule has 1 N–H and O–H groups in total. The fourth-order valence-corrected chi connectivity index (χ4v) is 3.62. The zero-order chi connectivity index (χ0) is 19.8. The van der Waals surface area contributed by atoms with Crippen molar-refractivity contribution in [2.45, 2.75) is 11.4 Å². The van der Waals surface area contributed by atoms with Crippen LogP contribution in [0.1, 0.15) is 12.1 Å². The lowest BCUT2D eigenvalue weighted by atomic mass is 10.3. The van der Waals surface area contributed by atoms with E-state index in [9.17, 15) is 8.60 Å². The van der Waals surface area contributed by atoms with Gasteiger partial charge >= 0.3 is 0 Å². The fraction of sp³-hybridized carbons (Fsp3) is 0.368. The van der Waals surface area contributed by atoms with E-state index in [1.165, 1.54) is 36.7 Å². The van der Waals surface area contributed by atoms with Crippen LogP contribution >= 0.6 is 0 Å². The number of nitrogens with zero attached hydrogens (tertiary/aromatic N) is 3. The minimum absolute atomic E-state index is 0.0303. The lowest BCUT2D eigenvalue weighted by molar-refractivity contribution is 0.0358. The van der Waals surface area contributed by atoms with E-state index in [0.717, 1.165) is 44.7 Å². The van der Waals surface area contributed by atoms with E-state index >= 15 is 0 Å². The highest BCUT2D eigenvalue weighted by atomic mass is 32.2. The first-order valence-corrected chi connectivity index (χ1v) is 10.6. The molecule has 3 heterocycles. The molecule has 1 unspecified atom stereocenters. The smallest absolute Gasteiger partial charge is 0.148 e. The minimum Gasteiger partial charge on any atom is -0.492 e. The maximum Gasteiger partial charge on any atom is 0.148 e. The molecule has 3 rings (SSSR count). The predicted octanol–water partition coefficient (Wildman–Crippen LogP) is 2.79. The van der Waals surface area contributed by atoms with Crippen molar-refractivity contribution in [3.63, 3.8) is 0 Å². The Hall–Kier alpha value is -2.36. The summed E-state index contributed by atoms with van der Waals surface area (Å²) in [5.41, 5.74) is 0.0303. The van der Waals surface area contributed by atoms with Gasteiger partial charge in [0.05, 0.1) is 31.7 Å². The summed E-state index contributed by atoms with van der Waals surface area (Å²) >= 11 is 0. The summed E-state index contributed by atoms with van der Waals surface area (Å²) in [7, 11) is -3.30. The average Bonchev–Trinajstić information content (AvgIpc) is 2.72. The molecule has 28 heavy (non-hydrogen) atoms. The Kier molecular flexibility index (Phi) is 7.07. The van der Waals surface area contributed by atoms with Gasteiger partial charge in [0.2, 0.25) is 0 Å². The maximum absolute atomic E-state index is 13.6. The van der Waals surface area contributed by atoms with Gasteiger partial charge in [0.25, 0.3) is 0 Å². The van der Waals surface area contributed by atoms with Crippen LogP contribution in [0.15, 0.2) is 47.1 Å². The Bertz CT molecular complexity index is 898. The van der Waals surface area contributed by atoms with Crippen LogP contribution in [0, 0.1) is 10.6 Å². The molecular formula is C19H23FN4O3S. The molecule has 0 aromatic carbocycles. The Morgan fingerprint density at radius 2 is 2.11 bits per heavy atom. The minimum atomic E-state index is -3.30. The summed E-state index contributed by atoms with van der Waals surface area (Å²) in [5, 5.41) is 1.20. The largest absolute Gasteiger partial charge is 0.492 e. The van der Waals surface area contributed by atoms with Crippen molar-refractivity contribution >= 4 is 15.8 Å². The van der Waals surface area contributed by atoms with Crippen molar-refractivity contribution in [3.8, 4) is 5.75 Å². The van der Waals surface area contributed by atoms with Crippen LogP contribution in [0.4, 0.5) is 4.39 Å². The van der Waals surface area contributed by atoms with Gasteiger partial charge in [0, 0.05) is 31.2 Å². The number of morpholine rings is 1. The number of aromatic nitrogens is 2. The molecule has 0 saturated carbocycles. The van der Waals surface area contributed by atoms with Gasteiger partial charge in [-0.05, 0) is 36.8 Å². The van der Waals surface area contributed by atoms with Gasteiger partial charge in [-0.25, -0.2) is 18.4 Å². The zero-order valence-corrected chi connectivity index (χ0v) is 16.2. The highest BCUT2D eigenvalue weighted by Crippen LogP contribution is 2.17. The standard InChI is InChI=1S/C19H23FN4O3S/c20-17-3-1-7-22-18(17)6-14-28(21,25)19-5-4-16(15-23-19)27-11-2-8-24-9-12-26-13-10-24/h1,3-7,14-15,21H,2,8-13H2/b14-6+. The molecule has 1 aliphatic heterocycles. The van der Waals surface area contributed by atoms with Crippen LogP contribution in [0.5, 0.6) is 5.75 Å². The summed E-state index contributed by atoms with van der Waals surface area (Å²) in [6.07, 6.45) is 5.00. The van der Waals surface area contributed by atoms with E-state index in [-0.39, 0.29) is 10.7 Å². The van der Waals surface area contributed by atoms with E-state index in [4.69, 9.17) is 14.3 Å². The van der Waals surface area contributed by atoms with Gasteiger partial charge in [-0.2, -0.15) is 0 Å². The molecule has 0 bridgehead atoms. The third-order valence-electron chi connectivity index (χ3n) is 4.22. The molecule has 2 aromatic heterocycles. The third-order valence-corrected chi connectivity index (χ3v) is 5.60. The highest BCUT2D eigenvalue weighted by molar-refractivity contribution is 7.95. The summed E-state index contributed by atoms with van der Waals surface area (Å²) in [5.74, 6) is 0.0170. The maximum atomic E-state index is 13.6. The second-order valence-corrected chi connectivity index (χ2v) is 8.15. The number of ether oxygens (including phenoxy) is 2. The van der Waals surface area contributed by atoms with Crippen molar-refractivity contribution in [2.75, 3.05) is 39.5 Å². The van der Waals surface area contributed by atoms with Crippen LogP contribution in [-0.2, 0) is 14.5 Å². The molecule has 0 amide bonds. The molecule has 0 aliphatic carbocycles. The predicted molar refractivity (Wildman–Crippen MR) is 104 cm³/mol. The van der Waals surface area contributed by atoms with Crippen molar-refractivity contribution in [3.05, 3.63) is 53.6 Å². The normalized spacial score (nSPS) is 17.5. The van der Waals surface area contributed by atoms with E-state index in [0.29, 0.717) is 12.4 Å². The topological polar surface area (TPSA) is 88.4 Å². The number of halogens is 1. The number of nitrogens with one attached hydrogen (secondary N) is 1. The molecule has 0 radical (unpaired) electrons. The van der Waals surface area contributed by atoms with E-state index < -0.39 is 15.5 Å². The van der Waals surface area contributed by atoms with Crippen LogP contribution in [-0.4, -0.2) is 58.5 Å². The number of hydrogen-bond donors (Lipinski definition) is 1. The van der Waals surface area contributed by atoms with Gasteiger partial charge in [-0.3, -0.25) is 9.88 Å². The monoisotopic (exact) mass is 406 g/mol. The van der Waals surface area contributed by atoms with Crippen molar-refractivity contribution < 1.29 is 18.1 Å². The van der Waals surface area contributed by atoms with E-state index in [2.05, 4.69) is 14.9 Å². The van der Waals surface area contributed by atoms with Gasteiger partial charge in [-0.1, -0.05) is 0 Å². The van der Waals surface area contributed by atoms with Crippen molar-refractivity contribution in [1.82, 2.24) is 14.9 Å². The molecule has 150 valence electrons. The Balaban J connectivity index is 1.52. The van der Waals surface area contributed by atoms with Crippen molar-refractivity contribution in [2.24, 2.45) is 0 Å². The fourth-order valence-electron chi connectivity index (χ4n) is 2.68. The van der Waals surface area contributed by atoms with Crippen LogP contribution in [0.3, 0.4) is 0 Å². The van der Waals surface area contributed by atoms with Gasteiger partial charge in [0.15, 0.2) is 0 Å². The molecule has 1 atom stereocenters. The van der Waals surface area contributed by atoms with Crippen LogP contribution < -0.4 is 4.74 Å². The second-order valence-electron chi connectivity index (χ2n) is 6.26. The first-order valence-electron chi connectivity index (χ1n) is 9.01. The van der Waals surface area contributed by atoms with Gasteiger partial charge in [0.1, 0.15) is 26.3 Å². The molecule has 1 saturated heterocycles. The summed E-state index contributed by atoms with van der Waals surface area (Å²) in [6, 6.07) is 5.85. The number of hydrogen-bond acceptors (Lipinski definition) is 7. The second kappa shape index (κ2) is 9.72. The number of pyridine rings is 2. The van der Waals surface area contributed by atoms with Crippen LogP contribution in [0.25, 0.3) is 6.08 Å². The molecular weight excluding hydrogens is 383 g/mol. The zero-order valence-electron chi connectivity index (χ0n) is 15.4. The Morgan fingerprint density at radius 1 is 1.29 bits per heavy atom. The van der Waals surface area contributed by atoms with E-state index in [1.807, 2.05) is 0 Å². The SMILES string of the molecule is N=S(=O)(/C=C/c1ncccc1F)c1ccc(OCCCN2CCOCC2)cn1. The highest BCUT2D eigenvalue weighted by Gasteiger charge is 2.11. The molecule has 7 nitrogen and oxygen atoms in total. The van der Waals surface area contributed by atoms with Crippen LogP contribution in [0.2, 0.25) is 0 Å². The molecule has 1 aliphatic rings. The molecule has 1 fully saturated rings. The lowest BCUT2D eigenvalue weighted by Gasteiger charge is -2.26. The van der Waals surface area contributed by atoms with E-state index in [1.54, 1.807) is 6.07 Å². The summed E-state index contributed by atoms with van der Waals surface area (Å²) in [4.78, 5) is 10.3. The summed E-state index contributed by atoms with van der Waals surface area (Å²) in [6.45, 7) is 4.95. The Morgan fingerprint density at radius 3 is 2.82 bits per heavy atom. The van der Waals surface area contributed by atoms with Gasteiger partial charge < -0.3 is 9.47 Å². The quantitative estimate of drug-likeness (QED) is 0.678. The molecule has 9 heteroatoms. The van der Waals surface area contributed by atoms with Gasteiger partial charge in [-0.15, -0.1) is 0 Å². The Labute approximate surface area is 164 Å². The summed E-state index contributed by atoms with van der Waals surface area (Å²) < 4.78 is 45.1. The number of rotatable bonds is 8. The first-order chi connectivity index (χ1) is 13.5. The third kappa shape index (κ3) is 5.82. The van der Waals surface area contributed by atoms with Crippen molar-refractivity contribution in [1.29, 1.82) is 4.78 Å². The molecule has 0 spiro atoms. The first kappa shape index (κ1) is 20.4. The average molecular weight is 406 g/mol. The lowest BCUT2D eigenvalue weighted by Crippen LogP contribution is -2.37.